The van der Waals surface area contributed by atoms with Crippen molar-refractivity contribution in [2.24, 2.45) is 7.05 Å². The van der Waals surface area contributed by atoms with E-state index >= 15 is 0 Å². The summed E-state index contributed by atoms with van der Waals surface area (Å²) in [4.78, 5) is 12.0. The normalized spacial score (nSPS) is 11.4. The monoisotopic (exact) mass is 294 g/mol. The van der Waals surface area contributed by atoms with Gasteiger partial charge >= 0.3 is 5.69 Å². The standard InChI is InChI=1S/C14H19FN4O2/c1-8(2)10-6-12(19-14(20)18(5)16-17-19)13(7-11(10)15)21-9(3)4/h6-9H,1-5H3. The van der Waals surface area contributed by atoms with Gasteiger partial charge in [0.05, 0.1) is 6.10 Å². The van der Waals surface area contributed by atoms with E-state index in [0.29, 0.717) is 11.3 Å². The van der Waals surface area contributed by atoms with E-state index in [-0.39, 0.29) is 23.6 Å². The molecule has 0 saturated heterocycles. The SMILES string of the molecule is CC(C)Oc1cc(F)c(C(C)C)cc1-n1nnn(C)c1=O. The van der Waals surface area contributed by atoms with Gasteiger partial charge in [-0.15, -0.1) is 0 Å². The average Bonchev–Trinajstić information content (AvgIpc) is 2.69. The van der Waals surface area contributed by atoms with Gasteiger partial charge in [0.15, 0.2) is 0 Å². The van der Waals surface area contributed by atoms with Crippen LogP contribution < -0.4 is 10.4 Å². The minimum Gasteiger partial charge on any atom is -0.489 e. The Bertz CT molecular complexity index is 703. The van der Waals surface area contributed by atoms with Gasteiger partial charge in [-0.2, -0.15) is 9.36 Å². The van der Waals surface area contributed by atoms with Crippen molar-refractivity contribution in [3.05, 3.63) is 34.0 Å². The van der Waals surface area contributed by atoms with Crippen molar-refractivity contribution in [3.8, 4) is 11.4 Å². The summed E-state index contributed by atoms with van der Waals surface area (Å²) in [5.41, 5.74) is 0.482. The van der Waals surface area contributed by atoms with Crippen molar-refractivity contribution in [2.45, 2.75) is 39.7 Å². The van der Waals surface area contributed by atoms with Gasteiger partial charge < -0.3 is 4.74 Å². The molecule has 114 valence electrons. The summed E-state index contributed by atoms with van der Waals surface area (Å²) in [6, 6.07) is 2.89. The minimum atomic E-state index is -0.412. The van der Waals surface area contributed by atoms with Crippen LogP contribution in [-0.2, 0) is 7.05 Å². The van der Waals surface area contributed by atoms with Gasteiger partial charge in [0, 0.05) is 13.1 Å². The molecule has 0 aliphatic rings. The maximum absolute atomic E-state index is 14.1. The topological polar surface area (TPSA) is 61.9 Å². The molecule has 2 rings (SSSR count). The Morgan fingerprint density at radius 3 is 2.33 bits per heavy atom. The molecule has 0 unspecified atom stereocenters. The van der Waals surface area contributed by atoms with E-state index in [0.717, 1.165) is 9.36 Å². The Balaban J connectivity index is 2.68. The molecule has 2 aromatic rings. The van der Waals surface area contributed by atoms with Crippen molar-refractivity contribution in [1.29, 1.82) is 0 Å². The molecule has 0 radical (unpaired) electrons. The van der Waals surface area contributed by atoms with Crippen molar-refractivity contribution < 1.29 is 9.13 Å². The van der Waals surface area contributed by atoms with Gasteiger partial charge in [0.2, 0.25) is 0 Å². The number of benzene rings is 1. The number of hydrogen-bond acceptors (Lipinski definition) is 4. The summed E-state index contributed by atoms with van der Waals surface area (Å²) in [6.07, 6.45) is -0.152. The van der Waals surface area contributed by atoms with Crippen molar-refractivity contribution in [2.75, 3.05) is 0 Å². The van der Waals surface area contributed by atoms with Crippen LogP contribution in [0.25, 0.3) is 5.69 Å². The smallest absolute Gasteiger partial charge is 0.368 e. The molecular weight excluding hydrogens is 275 g/mol. The van der Waals surface area contributed by atoms with E-state index in [4.69, 9.17) is 4.74 Å². The number of hydrogen-bond donors (Lipinski definition) is 0. The molecule has 0 saturated carbocycles. The molecule has 0 N–H and O–H groups in total. The number of halogens is 1. The number of aryl methyl sites for hydroxylation is 1. The molecule has 7 heteroatoms. The van der Waals surface area contributed by atoms with E-state index < -0.39 is 5.69 Å². The third-order valence-electron chi connectivity index (χ3n) is 3.01. The third kappa shape index (κ3) is 2.96. The van der Waals surface area contributed by atoms with E-state index in [1.54, 1.807) is 6.07 Å². The lowest BCUT2D eigenvalue weighted by atomic mass is 10.0. The molecule has 0 aliphatic heterocycles. The lowest BCUT2D eigenvalue weighted by Crippen LogP contribution is -2.23. The molecular formula is C14H19FN4O2. The van der Waals surface area contributed by atoms with Gasteiger partial charge in [-0.05, 0) is 41.8 Å². The first kappa shape index (κ1) is 15.2. The summed E-state index contributed by atoms with van der Waals surface area (Å²) in [5, 5.41) is 7.48. The summed E-state index contributed by atoms with van der Waals surface area (Å²) in [7, 11) is 1.50. The first-order valence-corrected chi connectivity index (χ1v) is 6.80. The highest BCUT2D eigenvalue weighted by atomic mass is 19.1. The quantitative estimate of drug-likeness (QED) is 0.865. The lowest BCUT2D eigenvalue weighted by Gasteiger charge is -2.16. The zero-order chi connectivity index (χ0) is 15.7. The number of aromatic nitrogens is 4. The fourth-order valence-corrected chi connectivity index (χ4v) is 1.98. The summed E-state index contributed by atoms with van der Waals surface area (Å²) in [6.45, 7) is 7.42. The molecule has 0 atom stereocenters. The molecule has 1 heterocycles. The second-order valence-corrected chi connectivity index (χ2v) is 5.46. The molecule has 1 aromatic carbocycles. The van der Waals surface area contributed by atoms with Gasteiger partial charge in [0.25, 0.3) is 0 Å². The summed E-state index contributed by atoms with van der Waals surface area (Å²) in [5.74, 6) is -0.111. The summed E-state index contributed by atoms with van der Waals surface area (Å²) < 4.78 is 22.0. The van der Waals surface area contributed by atoms with Crippen molar-refractivity contribution in [1.82, 2.24) is 19.8 Å². The first-order chi connectivity index (χ1) is 9.81. The molecule has 0 fully saturated rings. The Labute approximate surface area is 122 Å². The first-order valence-electron chi connectivity index (χ1n) is 6.80. The molecule has 21 heavy (non-hydrogen) atoms. The van der Waals surface area contributed by atoms with Crippen LogP contribution in [0.4, 0.5) is 4.39 Å². The number of nitrogens with zero attached hydrogens (tertiary/aromatic N) is 4. The van der Waals surface area contributed by atoms with E-state index in [1.807, 2.05) is 27.7 Å². The fourth-order valence-electron chi connectivity index (χ4n) is 1.98. The van der Waals surface area contributed by atoms with Gasteiger partial charge in [-0.3, -0.25) is 0 Å². The second-order valence-electron chi connectivity index (χ2n) is 5.46. The third-order valence-corrected chi connectivity index (χ3v) is 3.01. The van der Waals surface area contributed by atoms with Crippen molar-refractivity contribution >= 4 is 0 Å². The second kappa shape index (κ2) is 5.67. The fraction of sp³-hybridized carbons (Fsp3) is 0.500. The average molecular weight is 294 g/mol. The molecule has 0 bridgehead atoms. The predicted molar refractivity (Wildman–Crippen MR) is 76.4 cm³/mol. The Morgan fingerprint density at radius 2 is 1.86 bits per heavy atom. The van der Waals surface area contributed by atoms with Crippen LogP contribution in [0.2, 0.25) is 0 Å². The van der Waals surface area contributed by atoms with Crippen LogP contribution in [0.1, 0.15) is 39.2 Å². The maximum atomic E-state index is 14.1. The largest absolute Gasteiger partial charge is 0.489 e. The molecule has 0 amide bonds. The van der Waals surface area contributed by atoms with Crippen LogP contribution in [0.15, 0.2) is 16.9 Å². The highest BCUT2D eigenvalue weighted by Crippen LogP contribution is 2.29. The van der Waals surface area contributed by atoms with Crippen LogP contribution in [0.5, 0.6) is 5.75 Å². The van der Waals surface area contributed by atoms with E-state index in [2.05, 4.69) is 10.4 Å². The van der Waals surface area contributed by atoms with Gasteiger partial charge in [0.1, 0.15) is 17.3 Å². The molecule has 0 spiro atoms. The highest BCUT2D eigenvalue weighted by Gasteiger charge is 2.18. The Kier molecular flexibility index (Phi) is 4.11. The van der Waals surface area contributed by atoms with Crippen LogP contribution in [-0.4, -0.2) is 25.9 Å². The predicted octanol–water partition coefficient (Wildman–Crippen LogP) is 2.02. The van der Waals surface area contributed by atoms with Crippen molar-refractivity contribution in [3.63, 3.8) is 0 Å². The molecule has 6 nitrogen and oxygen atoms in total. The molecule has 0 aliphatic carbocycles. The Hall–Kier alpha value is -2.18. The van der Waals surface area contributed by atoms with Crippen LogP contribution in [0, 0.1) is 5.82 Å². The van der Waals surface area contributed by atoms with E-state index in [1.165, 1.54) is 13.1 Å². The Morgan fingerprint density at radius 1 is 1.19 bits per heavy atom. The van der Waals surface area contributed by atoms with Crippen LogP contribution in [0.3, 0.4) is 0 Å². The molecule has 1 aromatic heterocycles. The number of ether oxygens (including phenoxy) is 1. The van der Waals surface area contributed by atoms with Gasteiger partial charge in [-0.1, -0.05) is 13.8 Å². The minimum absolute atomic E-state index is 0.0239. The lowest BCUT2D eigenvalue weighted by molar-refractivity contribution is 0.240. The zero-order valence-corrected chi connectivity index (χ0v) is 12.8. The maximum Gasteiger partial charge on any atom is 0.368 e. The van der Waals surface area contributed by atoms with E-state index in [9.17, 15) is 9.18 Å². The van der Waals surface area contributed by atoms with Crippen LogP contribution >= 0.6 is 0 Å². The number of rotatable bonds is 4. The number of tetrazole rings is 1. The summed E-state index contributed by atoms with van der Waals surface area (Å²) >= 11 is 0. The highest BCUT2D eigenvalue weighted by molar-refractivity contribution is 5.49. The van der Waals surface area contributed by atoms with Gasteiger partial charge in [-0.25, -0.2) is 9.18 Å². The zero-order valence-electron chi connectivity index (χ0n) is 12.8.